The molecule has 0 bridgehead atoms. The molecule has 2 heterocycles. The van der Waals surface area contributed by atoms with Crippen LogP contribution in [0.2, 0.25) is 0 Å². The predicted octanol–water partition coefficient (Wildman–Crippen LogP) is 2.59. The quantitative estimate of drug-likeness (QED) is 0.0411. The molecule has 0 aromatic rings. The molecule has 0 aromatic heterocycles. The zero-order valence-electron chi connectivity index (χ0n) is 32.9. The second-order valence-electron chi connectivity index (χ2n) is 14.4. The summed E-state index contributed by atoms with van der Waals surface area (Å²) < 4.78 is 22.5. The maximum Gasteiger partial charge on any atom is 0.220 e. The average molecular weight is 786 g/mol. The number of amides is 1. The molecule has 0 aliphatic carbocycles. The van der Waals surface area contributed by atoms with Crippen molar-refractivity contribution >= 4 is 5.91 Å². The summed E-state index contributed by atoms with van der Waals surface area (Å²) in [6.45, 7) is 2.54. The molecule has 9 N–H and O–H groups in total. The molecule has 2 rings (SSSR count). The lowest BCUT2D eigenvalue weighted by Crippen LogP contribution is -2.65. The van der Waals surface area contributed by atoms with E-state index in [0.717, 1.165) is 64.2 Å². The molecular weight excluding hydrogens is 714 g/mol. The van der Waals surface area contributed by atoms with Crippen molar-refractivity contribution < 1.29 is 64.6 Å². The van der Waals surface area contributed by atoms with Gasteiger partial charge in [-0.2, -0.15) is 0 Å². The summed E-state index contributed by atoms with van der Waals surface area (Å²) in [7, 11) is 0. The van der Waals surface area contributed by atoms with Gasteiger partial charge in [0.25, 0.3) is 0 Å². The Morgan fingerprint density at radius 3 is 1.95 bits per heavy atom. The lowest BCUT2D eigenvalue weighted by Gasteiger charge is -2.46. The summed E-state index contributed by atoms with van der Waals surface area (Å²) in [5.41, 5.74) is 0. The van der Waals surface area contributed by atoms with Crippen LogP contribution in [0.15, 0.2) is 48.6 Å². The molecule has 2 aliphatic rings. The molecule has 12 unspecified atom stereocenters. The summed E-state index contributed by atoms with van der Waals surface area (Å²) in [6, 6.07) is -0.934. The highest BCUT2D eigenvalue weighted by atomic mass is 16.7. The summed E-state index contributed by atoms with van der Waals surface area (Å²) in [5.74, 6) is -0.273. The van der Waals surface area contributed by atoms with Crippen molar-refractivity contribution in [3.05, 3.63) is 48.6 Å². The first kappa shape index (κ1) is 49.1. The van der Waals surface area contributed by atoms with Crippen LogP contribution in [0, 0.1) is 0 Å². The number of allylic oxidation sites excluding steroid dienone is 7. The smallest absolute Gasteiger partial charge is 0.220 e. The first-order valence-electron chi connectivity index (χ1n) is 20.4. The minimum atomic E-state index is -1.79. The van der Waals surface area contributed by atoms with Crippen LogP contribution in [0.4, 0.5) is 0 Å². The summed E-state index contributed by atoms with van der Waals surface area (Å²) in [5, 5.41) is 85.9. The molecule has 2 aliphatic heterocycles. The molecule has 1 amide bonds. The third-order valence-corrected chi connectivity index (χ3v) is 9.72. The van der Waals surface area contributed by atoms with Gasteiger partial charge >= 0.3 is 0 Å². The van der Waals surface area contributed by atoms with Crippen molar-refractivity contribution in [2.45, 2.75) is 184 Å². The van der Waals surface area contributed by atoms with Crippen LogP contribution in [0.25, 0.3) is 0 Å². The fraction of sp³-hybridized carbons (Fsp3) is 0.780. The van der Waals surface area contributed by atoms with Gasteiger partial charge in [-0.25, -0.2) is 0 Å². The van der Waals surface area contributed by atoms with Crippen molar-refractivity contribution in [2.24, 2.45) is 0 Å². The van der Waals surface area contributed by atoms with Gasteiger partial charge in [-0.1, -0.05) is 101 Å². The van der Waals surface area contributed by atoms with E-state index < -0.39 is 86.8 Å². The summed E-state index contributed by atoms with van der Waals surface area (Å²) >= 11 is 0. The van der Waals surface area contributed by atoms with Crippen molar-refractivity contribution in [1.29, 1.82) is 0 Å². The Bertz CT molecular complexity index is 1120. The van der Waals surface area contributed by atoms with E-state index in [1.807, 2.05) is 6.08 Å². The molecule has 0 aromatic carbocycles. The van der Waals surface area contributed by atoms with Gasteiger partial charge in [0.1, 0.15) is 48.8 Å². The Morgan fingerprint density at radius 2 is 1.25 bits per heavy atom. The first-order chi connectivity index (χ1) is 26.6. The lowest BCUT2D eigenvalue weighted by molar-refractivity contribution is -0.359. The Balaban J connectivity index is 1.92. The van der Waals surface area contributed by atoms with Gasteiger partial charge in [0, 0.05) is 6.42 Å². The molecular formula is C41H71NO13. The second-order valence-corrected chi connectivity index (χ2v) is 14.4. The molecule has 0 spiro atoms. The molecule has 0 saturated carbocycles. The van der Waals surface area contributed by atoms with Crippen LogP contribution in [0.3, 0.4) is 0 Å². The van der Waals surface area contributed by atoms with Gasteiger partial charge in [0.15, 0.2) is 12.6 Å². The highest BCUT2D eigenvalue weighted by molar-refractivity contribution is 5.76. The highest BCUT2D eigenvalue weighted by Crippen LogP contribution is 2.29. The minimum absolute atomic E-state index is 0.254. The number of ether oxygens (including phenoxy) is 4. The summed E-state index contributed by atoms with van der Waals surface area (Å²) in [4.78, 5) is 13.0. The maximum absolute atomic E-state index is 13.0. The highest BCUT2D eigenvalue weighted by Gasteiger charge is 2.50. The Kier molecular flexibility index (Phi) is 26.1. The van der Waals surface area contributed by atoms with Gasteiger partial charge in [0.2, 0.25) is 5.91 Å². The number of carbonyl (C=O) groups excluding carboxylic acids is 1. The largest absolute Gasteiger partial charge is 0.394 e. The number of unbranched alkanes of at least 4 members (excludes halogenated alkanes) is 9. The number of aliphatic hydroxyl groups is 8. The number of carbonyl (C=O) groups is 1. The lowest BCUT2D eigenvalue weighted by atomic mass is 9.97. The molecule has 0 radical (unpaired) electrons. The molecule has 2 saturated heterocycles. The Labute approximate surface area is 327 Å². The molecule has 12 atom stereocenters. The van der Waals surface area contributed by atoms with Crippen LogP contribution >= 0.6 is 0 Å². The predicted molar refractivity (Wildman–Crippen MR) is 207 cm³/mol. The van der Waals surface area contributed by atoms with E-state index in [0.29, 0.717) is 12.8 Å². The van der Waals surface area contributed by atoms with Crippen molar-refractivity contribution in [2.75, 3.05) is 19.8 Å². The van der Waals surface area contributed by atoms with Crippen LogP contribution in [-0.4, -0.2) is 140 Å². The number of nitrogens with one attached hydrogen (secondary N) is 1. The summed E-state index contributed by atoms with van der Waals surface area (Å²) in [6.07, 6.45) is 13.5. The Hall–Kier alpha value is -2.05. The van der Waals surface area contributed by atoms with E-state index in [2.05, 4.69) is 55.6 Å². The Morgan fingerprint density at radius 1 is 0.655 bits per heavy atom. The molecule has 14 heteroatoms. The van der Waals surface area contributed by atoms with Crippen molar-refractivity contribution in [1.82, 2.24) is 5.32 Å². The van der Waals surface area contributed by atoms with Crippen LogP contribution in [0.5, 0.6) is 0 Å². The van der Waals surface area contributed by atoms with E-state index in [1.54, 1.807) is 6.08 Å². The number of aliphatic hydroxyl groups excluding tert-OH is 8. The molecule has 2 fully saturated rings. The molecule has 318 valence electrons. The molecule has 14 nitrogen and oxygen atoms in total. The monoisotopic (exact) mass is 785 g/mol. The SMILES string of the molecule is CCC/C=C/CC/C=C/C(O)C(COC1OC(CO)C(OC2OC(CO)C(O)C(O)C2O)C(O)C1O)NC(=O)CCCCCCC/C=C\C/C=C\CCCC. The van der Waals surface area contributed by atoms with Gasteiger partial charge in [-0.3, -0.25) is 4.79 Å². The standard InChI is InChI=1S/C41H71NO13/c1-3-5-7-9-11-12-13-14-15-16-17-19-21-23-25-33(46)42-29(30(45)24-22-20-18-10-8-6-4-2)28-52-40-38(51)36(49)39(32(27-44)54-40)55-41-37(50)35(48)34(47)31(26-43)53-41/h8-11,13-14,22,24,29-32,34-41,43-45,47-51H,3-7,12,15-21,23,25-28H2,1-2H3,(H,42,46)/b10-8+,11-9-,14-13-,24-22+. The number of hydrogen-bond acceptors (Lipinski definition) is 13. The van der Waals surface area contributed by atoms with Gasteiger partial charge < -0.3 is 65.1 Å². The van der Waals surface area contributed by atoms with Gasteiger partial charge in [-0.05, 0) is 51.4 Å². The third-order valence-electron chi connectivity index (χ3n) is 9.72. The fourth-order valence-corrected chi connectivity index (χ4v) is 6.27. The van der Waals surface area contributed by atoms with Crippen molar-refractivity contribution in [3.63, 3.8) is 0 Å². The third kappa shape index (κ3) is 18.4. The topological polar surface area (TPSA) is 228 Å². The number of hydrogen-bond donors (Lipinski definition) is 9. The van der Waals surface area contributed by atoms with Crippen LogP contribution in [-0.2, 0) is 23.7 Å². The number of rotatable bonds is 28. The van der Waals surface area contributed by atoms with E-state index in [-0.39, 0.29) is 18.9 Å². The van der Waals surface area contributed by atoms with E-state index in [9.17, 15) is 45.6 Å². The van der Waals surface area contributed by atoms with Gasteiger partial charge in [0.05, 0.1) is 32.0 Å². The van der Waals surface area contributed by atoms with Crippen LogP contribution in [0.1, 0.15) is 110 Å². The molecule has 55 heavy (non-hydrogen) atoms. The van der Waals surface area contributed by atoms with E-state index in [4.69, 9.17) is 18.9 Å². The zero-order valence-corrected chi connectivity index (χ0v) is 32.9. The van der Waals surface area contributed by atoms with E-state index in [1.165, 1.54) is 12.8 Å². The van der Waals surface area contributed by atoms with Gasteiger partial charge in [-0.15, -0.1) is 0 Å². The maximum atomic E-state index is 13.0. The first-order valence-corrected chi connectivity index (χ1v) is 20.4. The average Bonchev–Trinajstić information content (AvgIpc) is 3.18. The van der Waals surface area contributed by atoms with Crippen LogP contribution < -0.4 is 5.32 Å². The zero-order chi connectivity index (χ0) is 40.4. The van der Waals surface area contributed by atoms with E-state index >= 15 is 0 Å². The van der Waals surface area contributed by atoms with Crippen molar-refractivity contribution in [3.8, 4) is 0 Å². The second kappa shape index (κ2) is 29.2. The minimum Gasteiger partial charge on any atom is -0.394 e. The normalized spacial score (nSPS) is 30.2. The fourth-order valence-electron chi connectivity index (χ4n) is 6.27.